The van der Waals surface area contributed by atoms with E-state index < -0.39 is 6.04 Å². The molecule has 0 aromatic heterocycles. The van der Waals surface area contributed by atoms with Crippen molar-refractivity contribution < 1.29 is 9.59 Å². The van der Waals surface area contributed by atoms with Crippen molar-refractivity contribution in [3.8, 4) is 0 Å². The van der Waals surface area contributed by atoms with E-state index in [1.165, 1.54) is 0 Å². The second kappa shape index (κ2) is 4.64. The highest BCUT2D eigenvalue weighted by molar-refractivity contribution is 5.89. The zero-order chi connectivity index (χ0) is 13.4. The SMILES string of the molecule is CC(C)N1C(=O)CN(C(=O)[C@@H](C)N)CC1(C)C. The summed E-state index contributed by atoms with van der Waals surface area (Å²) in [6, 6.07) is -0.408. The third-order valence-corrected chi connectivity index (χ3v) is 3.04. The lowest BCUT2D eigenvalue weighted by Crippen LogP contribution is -2.66. The Kier molecular flexibility index (Phi) is 3.81. The van der Waals surface area contributed by atoms with Crippen LogP contribution < -0.4 is 5.73 Å². The molecular formula is C12H23N3O2. The Morgan fingerprint density at radius 1 is 1.35 bits per heavy atom. The highest BCUT2D eigenvalue weighted by Gasteiger charge is 2.41. The van der Waals surface area contributed by atoms with E-state index in [0.717, 1.165) is 0 Å². The molecule has 1 heterocycles. The minimum Gasteiger partial charge on any atom is -0.332 e. The van der Waals surface area contributed by atoms with Gasteiger partial charge in [0, 0.05) is 12.6 Å². The number of nitrogens with zero attached hydrogens (tertiary/aromatic N) is 2. The number of hydrogen-bond donors (Lipinski definition) is 1. The summed E-state index contributed by atoms with van der Waals surface area (Å²) < 4.78 is 0. The summed E-state index contributed by atoms with van der Waals surface area (Å²) in [5.41, 5.74) is 5.24. The minimum absolute atomic E-state index is 0.00903. The fourth-order valence-electron chi connectivity index (χ4n) is 2.61. The number of nitrogens with two attached hydrogens (primary N) is 1. The molecule has 98 valence electrons. The van der Waals surface area contributed by atoms with Crippen molar-refractivity contribution in [3.05, 3.63) is 0 Å². The first kappa shape index (κ1) is 14.0. The van der Waals surface area contributed by atoms with Crippen LogP contribution >= 0.6 is 0 Å². The van der Waals surface area contributed by atoms with Crippen LogP contribution in [0.15, 0.2) is 0 Å². The first-order valence-electron chi connectivity index (χ1n) is 6.03. The van der Waals surface area contributed by atoms with Crippen LogP contribution in [0.3, 0.4) is 0 Å². The standard InChI is InChI=1S/C12H23N3O2/c1-8(2)15-10(16)6-14(7-12(15,4)5)11(17)9(3)13/h8-9H,6-7,13H2,1-5H3/t9-/m1/s1. The van der Waals surface area contributed by atoms with E-state index in [9.17, 15) is 9.59 Å². The van der Waals surface area contributed by atoms with Crippen molar-refractivity contribution in [1.29, 1.82) is 0 Å². The lowest BCUT2D eigenvalue weighted by Gasteiger charge is -2.49. The summed E-state index contributed by atoms with van der Waals surface area (Å²) >= 11 is 0. The Morgan fingerprint density at radius 2 is 1.88 bits per heavy atom. The van der Waals surface area contributed by atoms with Gasteiger partial charge in [-0.1, -0.05) is 0 Å². The predicted molar refractivity (Wildman–Crippen MR) is 66.3 cm³/mol. The van der Waals surface area contributed by atoms with Crippen LogP contribution in [0.1, 0.15) is 34.6 Å². The van der Waals surface area contributed by atoms with Gasteiger partial charge in [-0.3, -0.25) is 9.59 Å². The molecule has 0 aromatic rings. The molecule has 5 nitrogen and oxygen atoms in total. The Morgan fingerprint density at radius 3 is 2.24 bits per heavy atom. The van der Waals surface area contributed by atoms with Crippen molar-refractivity contribution in [2.45, 2.75) is 52.2 Å². The first-order valence-corrected chi connectivity index (χ1v) is 6.03. The van der Waals surface area contributed by atoms with Gasteiger partial charge in [0.2, 0.25) is 11.8 Å². The number of amides is 2. The Balaban J connectivity index is 2.90. The highest BCUT2D eigenvalue weighted by atomic mass is 16.2. The van der Waals surface area contributed by atoms with Gasteiger partial charge in [-0.05, 0) is 34.6 Å². The molecule has 1 saturated heterocycles. The maximum absolute atomic E-state index is 12.1. The van der Waals surface area contributed by atoms with E-state index >= 15 is 0 Å². The maximum atomic E-state index is 12.1. The van der Waals surface area contributed by atoms with Gasteiger partial charge >= 0.3 is 0 Å². The van der Waals surface area contributed by atoms with Gasteiger partial charge in [-0.25, -0.2) is 0 Å². The number of piperazine rings is 1. The molecule has 1 aliphatic rings. The number of hydrogen-bond acceptors (Lipinski definition) is 3. The molecule has 0 saturated carbocycles. The molecule has 0 unspecified atom stereocenters. The van der Waals surface area contributed by atoms with Crippen LogP contribution in [0.5, 0.6) is 0 Å². The van der Waals surface area contributed by atoms with E-state index in [1.54, 1.807) is 11.8 Å². The van der Waals surface area contributed by atoms with Crippen molar-refractivity contribution in [2.75, 3.05) is 13.1 Å². The van der Waals surface area contributed by atoms with Crippen molar-refractivity contribution >= 4 is 11.8 Å². The quantitative estimate of drug-likeness (QED) is 0.750. The average molecular weight is 241 g/mol. The summed E-state index contributed by atoms with van der Waals surface area (Å²) in [6.45, 7) is 10.3. The number of carbonyl (C=O) groups is 2. The van der Waals surface area contributed by atoms with Gasteiger partial charge < -0.3 is 15.5 Å². The number of carbonyl (C=O) groups excluding carboxylic acids is 2. The molecule has 1 fully saturated rings. The van der Waals surface area contributed by atoms with Crippen LogP contribution in [0.4, 0.5) is 0 Å². The third-order valence-electron chi connectivity index (χ3n) is 3.04. The molecule has 1 aliphatic heterocycles. The fourth-order valence-corrected chi connectivity index (χ4v) is 2.61. The molecule has 17 heavy (non-hydrogen) atoms. The Hall–Kier alpha value is -1.10. The largest absolute Gasteiger partial charge is 0.332 e. The van der Waals surface area contributed by atoms with Crippen molar-refractivity contribution in [3.63, 3.8) is 0 Å². The van der Waals surface area contributed by atoms with E-state index in [1.807, 2.05) is 32.6 Å². The normalized spacial score (nSPS) is 21.9. The van der Waals surface area contributed by atoms with Crippen molar-refractivity contribution in [1.82, 2.24) is 9.80 Å². The first-order chi connectivity index (χ1) is 7.66. The zero-order valence-corrected chi connectivity index (χ0v) is 11.4. The molecule has 5 heteroatoms. The van der Waals surface area contributed by atoms with E-state index in [-0.39, 0.29) is 29.9 Å². The smallest absolute Gasteiger partial charge is 0.242 e. The molecule has 2 amide bonds. The molecule has 1 atom stereocenters. The molecular weight excluding hydrogens is 218 g/mol. The summed E-state index contributed by atoms with van der Waals surface area (Å²) in [5.74, 6) is -0.167. The lowest BCUT2D eigenvalue weighted by atomic mass is 9.96. The fraction of sp³-hybridized carbons (Fsp3) is 0.833. The minimum atomic E-state index is -0.552. The predicted octanol–water partition coefficient (Wildman–Crippen LogP) is 0.191. The monoisotopic (exact) mass is 241 g/mol. The lowest BCUT2D eigenvalue weighted by molar-refractivity contribution is -0.155. The molecule has 0 spiro atoms. The van der Waals surface area contributed by atoms with E-state index in [4.69, 9.17) is 5.73 Å². The average Bonchev–Trinajstić information content (AvgIpc) is 2.12. The molecule has 0 bridgehead atoms. The summed E-state index contributed by atoms with van der Waals surface area (Å²) in [7, 11) is 0. The van der Waals surface area contributed by atoms with Crippen LogP contribution in [0, 0.1) is 0 Å². The highest BCUT2D eigenvalue weighted by Crippen LogP contribution is 2.24. The molecule has 0 radical (unpaired) electrons. The summed E-state index contributed by atoms with van der Waals surface area (Å²) in [4.78, 5) is 27.3. The van der Waals surface area contributed by atoms with Gasteiger partial charge in [-0.2, -0.15) is 0 Å². The van der Waals surface area contributed by atoms with Crippen molar-refractivity contribution in [2.24, 2.45) is 5.73 Å². The van der Waals surface area contributed by atoms with Crippen LogP contribution in [-0.4, -0.2) is 52.3 Å². The van der Waals surface area contributed by atoms with Gasteiger partial charge in [0.1, 0.15) is 0 Å². The van der Waals surface area contributed by atoms with Gasteiger partial charge in [0.25, 0.3) is 0 Å². The Labute approximate surface area is 103 Å². The molecule has 0 aliphatic carbocycles. The maximum Gasteiger partial charge on any atom is 0.242 e. The molecule has 1 rings (SSSR count). The van der Waals surface area contributed by atoms with Gasteiger partial charge in [0.05, 0.1) is 18.1 Å². The van der Waals surface area contributed by atoms with Crippen LogP contribution in [0.2, 0.25) is 0 Å². The van der Waals surface area contributed by atoms with Crippen LogP contribution in [-0.2, 0) is 9.59 Å². The Bertz CT molecular complexity index is 324. The second-order valence-corrected chi connectivity index (χ2v) is 5.65. The molecule has 0 aromatic carbocycles. The van der Waals surface area contributed by atoms with E-state index in [0.29, 0.717) is 6.54 Å². The number of rotatable bonds is 2. The molecule has 2 N–H and O–H groups in total. The topological polar surface area (TPSA) is 66.6 Å². The van der Waals surface area contributed by atoms with E-state index in [2.05, 4.69) is 0 Å². The van der Waals surface area contributed by atoms with Gasteiger partial charge in [0.15, 0.2) is 0 Å². The van der Waals surface area contributed by atoms with Crippen LogP contribution in [0.25, 0.3) is 0 Å². The third kappa shape index (κ3) is 2.77. The zero-order valence-electron chi connectivity index (χ0n) is 11.4. The second-order valence-electron chi connectivity index (χ2n) is 5.65. The summed E-state index contributed by atoms with van der Waals surface area (Å²) in [6.07, 6.45) is 0. The van der Waals surface area contributed by atoms with Gasteiger partial charge in [-0.15, -0.1) is 0 Å². The summed E-state index contributed by atoms with van der Waals surface area (Å²) in [5, 5.41) is 0.